The lowest BCUT2D eigenvalue weighted by Gasteiger charge is -2.08. The number of para-hydroxylation sites is 1. The number of aromatic nitrogens is 1. The number of alkyl halides is 3. The van der Waals surface area contributed by atoms with E-state index in [0.29, 0.717) is 10.7 Å². The van der Waals surface area contributed by atoms with E-state index in [2.05, 4.69) is 4.98 Å². The largest absolute Gasteiger partial charge is 0.389 e. The van der Waals surface area contributed by atoms with Crippen LogP contribution in [-0.4, -0.2) is 17.8 Å². The van der Waals surface area contributed by atoms with E-state index in [1.54, 1.807) is 0 Å². The number of pyridine rings is 1. The number of ether oxygens (including phenoxy) is 1. The molecule has 20 heavy (non-hydrogen) atoms. The Hall–Kier alpha value is -1.33. The molecule has 0 aliphatic carbocycles. The Kier molecular flexibility index (Phi) is 4.83. The van der Waals surface area contributed by atoms with Crippen molar-refractivity contribution < 1.29 is 17.9 Å². The van der Waals surface area contributed by atoms with E-state index < -0.39 is 12.6 Å². The minimum atomic E-state index is -4.13. The van der Waals surface area contributed by atoms with E-state index in [0.717, 1.165) is 10.9 Å². The van der Waals surface area contributed by atoms with E-state index in [9.17, 15) is 13.2 Å². The summed E-state index contributed by atoms with van der Waals surface area (Å²) >= 11 is 6.02. The maximum atomic E-state index is 12.0. The Balaban J connectivity index is 1.91. The van der Waals surface area contributed by atoms with Crippen molar-refractivity contribution in [1.29, 1.82) is 0 Å². The predicted octanol–water partition coefficient (Wildman–Crippen LogP) is 4.75. The summed E-state index contributed by atoms with van der Waals surface area (Å²) in [4.78, 5) is 4.22. The molecule has 1 aromatic heterocycles. The van der Waals surface area contributed by atoms with Crippen LogP contribution >= 0.6 is 11.6 Å². The van der Waals surface area contributed by atoms with Gasteiger partial charge in [-0.25, -0.2) is 4.98 Å². The van der Waals surface area contributed by atoms with Crippen molar-refractivity contribution in [2.45, 2.75) is 25.6 Å². The molecule has 0 radical (unpaired) electrons. The summed E-state index contributed by atoms with van der Waals surface area (Å²) in [6.45, 7) is 0.206. The van der Waals surface area contributed by atoms with Gasteiger partial charge in [0.15, 0.2) is 0 Å². The summed E-state index contributed by atoms with van der Waals surface area (Å²) in [6, 6.07) is 9.32. The first-order valence-electron chi connectivity index (χ1n) is 6.14. The van der Waals surface area contributed by atoms with E-state index in [1.165, 1.54) is 0 Å². The standard InChI is InChI=1S/C14H13ClF3NO/c15-13-11(9-20-7-3-6-14(16,17)18)8-10-4-1-2-5-12(10)19-13/h1-2,4-5,8H,3,6-7,9H2. The van der Waals surface area contributed by atoms with E-state index in [4.69, 9.17) is 16.3 Å². The summed E-state index contributed by atoms with van der Waals surface area (Å²) in [5, 5.41) is 1.24. The molecule has 2 rings (SSSR count). The molecule has 1 heterocycles. The lowest BCUT2D eigenvalue weighted by Crippen LogP contribution is -2.08. The second-order valence-corrected chi connectivity index (χ2v) is 4.76. The second kappa shape index (κ2) is 6.41. The molecule has 108 valence electrons. The molecule has 0 bridgehead atoms. The highest BCUT2D eigenvalue weighted by Gasteiger charge is 2.25. The summed E-state index contributed by atoms with van der Waals surface area (Å²) in [6.07, 6.45) is -5.02. The molecule has 6 heteroatoms. The molecule has 0 saturated carbocycles. The van der Waals surface area contributed by atoms with Gasteiger partial charge in [-0.05, 0) is 18.6 Å². The highest BCUT2D eigenvalue weighted by atomic mass is 35.5. The highest BCUT2D eigenvalue weighted by molar-refractivity contribution is 6.30. The van der Waals surface area contributed by atoms with Gasteiger partial charge in [-0.2, -0.15) is 13.2 Å². The number of nitrogens with zero attached hydrogens (tertiary/aromatic N) is 1. The summed E-state index contributed by atoms with van der Waals surface area (Å²) < 4.78 is 41.1. The van der Waals surface area contributed by atoms with Gasteiger partial charge >= 0.3 is 6.18 Å². The normalized spacial score (nSPS) is 12.0. The van der Waals surface area contributed by atoms with Crippen LogP contribution in [0.15, 0.2) is 30.3 Å². The van der Waals surface area contributed by atoms with Gasteiger partial charge in [0.1, 0.15) is 5.15 Å². The van der Waals surface area contributed by atoms with Crippen molar-refractivity contribution in [3.8, 4) is 0 Å². The minimum absolute atomic E-state index is 0.0443. The third-order valence-electron chi connectivity index (χ3n) is 2.76. The Morgan fingerprint density at radius 3 is 2.70 bits per heavy atom. The number of rotatable bonds is 5. The monoisotopic (exact) mass is 303 g/mol. The molecule has 0 atom stereocenters. The summed E-state index contributed by atoms with van der Waals surface area (Å²) in [5.74, 6) is 0. The maximum absolute atomic E-state index is 12.0. The van der Waals surface area contributed by atoms with Gasteiger partial charge in [0.25, 0.3) is 0 Å². The summed E-state index contributed by atoms with van der Waals surface area (Å²) in [5.41, 5.74) is 1.45. The lowest BCUT2D eigenvalue weighted by molar-refractivity contribution is -0.138. The average Bonchev–Trinajstić information content (AvgIpc) is 2.37. The lowest BCUT2D eigenvalue weighted by atomic mass is 10.2. The van der Waals surface area contributed by atoms with Crippen LogP contribution in [0.1, 0.15) is 18.4 Å². The van der Waals surface area contributed by atoms with Crippen LogP contribution in [0.25, 0.3) is 10.9 Å². The fourth-order valence-corrected chi connectivity index (χ4v) is 1.99. The van der Waals surface area contributed by atoms with Crippen LogP contribution in [0.2, 0.25) is 5.15 Å². The molecule has 0 N–H and O–H groups in total. The van der Waals surface area contributed by atoms with Crippen molar-refractivity contribution >= 4 is 22.5 Å². The third-order valence-corrected chi connectivity index (χ3v) is 3.08. The van der Waals surface area contributed by atoms with Crippen molar-refractivity contribution in [2.24, 2.45) is 0 Å². The fourth-order valence-electron chi connectivity index (χ4n) is 1.79. The molecule has 0 fully saturated rings. The molecule has 2 nitrogen and oxygen atoms in total. The third kappa shape index (κ3) is 4.35. The number of halogens is 4. The maximum Gasteiger partial charge on any atom is 0.389 e. The Morgan fingerprint density at radius 1 is 1.20 bits per heavy atom. The van der Waals surface area contributed by atoms with Crippen molar-refractivity contribution in [2.75, 3.05) is 6.61 Å². The van der Waals surface area contributed by atoms with Crippen LogP contribution in [0, 0.1) is 0 Å². The van der Waals surface area contributed by atoms with Gasteiger partial charge in [0, 0.05) is 24.0 Å². The molecular formula is C14H13ClF3NO. The molecule has 0 aliphatic heterocycles. The zero-order valence-electron chi connectivity index (χ0n) is 10.6. The zero-order chi connectivity index (χ0) is 14.6. The van der Waals surface area contributed by atoms with Gasteiger partial charge in [-0.3, -0.25) is 0 Å². The van der Waals surface area contributed by atoms with Gasteiger partial charge in [-0.1, -0.05) is 29.8 Å². The fraction of sp³-hybridized carbons (Fsp3) is 0.357. The van der Waals surface area contributed by atoms with Crippen LogP contribution in [0.4, 0.5) is 13.2 Å². The molecular weight excluding hydrogens is 291 g/mol. The van der Waals surface area contributed by atoms with Gasteiger partial charge in [0.05, 0.1) is 12.1 Å². The van der Waals surface area contributed by atoms with Crippen LogP contribution in [-0.2, 0) is 11.3 Å². The van der Waals surface area contributed by atoms with E-state index >= 15 is 0 Å². The number of hydrogen-bond acceptors (Lipinski definition) is 2. The number of benzene rings is 1. The average molecular weight is 304 g/mol. The highest BCUT2D eigenvalue weighted by Crippen LogP contribution is 2.23. The molecule has 0 spiro atoms. The molecule has 0 amide bonds. The summed E-state index contributed by atoms with van der Waals surface area (Å²) in [7, 11) is 0. The minimum Gasteiger partial charge on any atom is -0.377 e. The first kappa shape index (κ1) is 15.1. The zero-order valence-corrected chi connectivity index (χ0v) is 11.3. The molecule has 0 aliphatic rings. The quantitative estimate of drug-likeness (QED) is 0.587. The number of hydrogen-bond donors (Lipinski definition) is 0. The van der Waals surface area contributed by atoms with Crippen molar-refractivity contribution in [3.63, 3.8) is 0 Å². The predicted molar refractivity (Wildman–Crippen MR) is 71.7 cm³/mol. The molecule has 0 saturated heterocycles. The SMILES string of the molecule is FC(F)(F)CCCOCc1cc2ccccc2nc1Cl. The van der Waals surface area contributed by atoms with Crippen molar-refractivity contribution in [3.05, 3.63) is 41.0 Å². The van der Waals surface area contributed by atoms with E-state index in [1.807, 2.05) is 30.3 Å². The van der Waals surface area contributed by atoms with Gasteiger partial charge in [0.2, 0.25) is 0 Å². The first-order valence-corrected chi connectivity index (χ1v) is 6.52. The van der Waals surface area contributed by atoms with Gasteiger partial charge in [-0.15, -0.1) is 0 Å². The van der Waals surface area contributed by atoms with Crippen molar-refractivity contribution in [1.82, 2.24) is 4.98 Å². The Labute approximate surface area is 119 Å². The first-order chi connectivity index (χ1) is 9.46. The molecule has 2 aromatic rings. The topological polar surface area (TPSA) is 22.1 Å². The van der Waals surface area contributed by atoms with Crippen LogP contribution in [0.3, 0.4) is 0 Å². The second-order valence-electron chi connectivity index (χ2n) is 4.40. The Bertz CT molecular complexity index is 586. The Morgan fingerprint density at radius 2 is 1.95 bits per heavy atom. The van der Waals surface area contributed by atoms with Gasteiger partial charge < -0.3 is 4.74 Å². The number of fused-ring (bicyclic) bond motifs is 1. The van der Waals surface area contributed by atoms with E-state index in [-0.39, 0.29) is 19.6 Å². The molecule has 0 unspecified atom stereocenters. The van der Waals surface area contributed by atoms with Crippen LogP contribution in [0.5, 0.6) is 0 Å². The molecule has 1 aromatic carbocycles. The van der Waals surface area contributed by atoms with Crippen LogP contribution < -0.4 is 0 Å². The smallest absolute Gasteiger partial charge is 0.377 e.